The molecule has 0 aliphatic carbocycles. The van der Waals surface area contributed by atoms with Crippen molar-refractivity contribution in [2.75, 3.05) is 0 Å². The summed E-state index contributed by atoms with van der Waals surface area (Å²) in [6, 6.07) is 17.4. The van der Waals surface area contributed by atoms with E-state index in [0.717, 1.165) is 28.8 Å². The van der Waals surface area contributed by atoms with Crippen LogP contribution in [0, 0.1) is 6.92 Å². The number of aliphatic carboxylic acids is 1. The average Bonchev–Trinajstić information content (AvgIpc) is 3.04. The van der Waals surface area contributed by atoms with Crippen molar-refractivity contribution in [3.8, 4) is 11.4 Å². The molecule has 1 aromatic heterocycles. The molecule has 2 aromatic carbocycles. The third kappa shape index (κ3) is 4.23. The summed E-state index contributed by atoms with van der Waals surface area (Å²) in [5, 5.41) is 17.5. The molecule has 3 rings (SSSR count). The van der Waals surface area contributed by atoms with E-state index in [1.54, 1.807) is 6.92 Å². The summed E-state index contributed by atoms with van der Waals surface area (Å²) in [5.74, 6) is 0.457. The molecule has 0 fully saturated rings. The smallest absolute Gasteiger partial charge is 0.316 e. The highest BCUT2D eigenvalue weighted by Gasteiger charge is 2.20. The standard InChI is InChI=1S/C19H19N3O3S/c1-13-8-10-16(11-9-13)25-12-17-20-21-19(26-14(2)18(23)24)22(17)15-6-4-3-5-7-15/h3-11,14H,12H2,1-2H3,(H,23,24)/t14-/m1/s1. The van der Waals surface area contributed by atoms with E-state index in [0.29, 0.717) is 11.0 Å². The zero-order valence-corrected chi connectivity index (χ0v) is 15.3. The second-order valence-corrected chi connectivity index (χ2v) is 7.08. The first-order valence-electron chi connectivity index (χ1n) is 8.13. The zero-order chi connectivity index (χ0) is 18.5. The van der Waals surface area contributed by atoms with E-state index < -0.39 is 11.2 Å². The van der Waals surface area contributed by atoms with Crippen LogP contribution < -0.4 is 4.74 Å². The number of nitrogens with zero attached hydrogens (tertiary/aromatic N) is 3. The molecule has 6 nitrogen and oxygen atoms in total. The van der Waals surface area contributed by atoms with Gasteiger partial charge in [-0.15, -0.1) is 10.2 Å². The number of hydrogen-bond donors (Lipinski definition) is 1. The second-order valence-electron chi connectivity index (χ2n) is 5.77. The molecular formula is C19H19N3O3S. The Balaban J connectivity index is 1.88. The van der Waals surface area contributed by atoms with Crippen LogP contribution in [0.25, 0.3) is 5.69 Å². The van der Waals surface area contributed by atoms with Gasteiger partial charge < -0.3 is 9.84 Å². The highest BCUT2D eigenvalue weighted by atomic mass is 32.2. The molecule has 0 spiro atoms. The Labute approximate surface area is 155 Å². The van der Waals surface area contributed by atoms with Crippen molar-refractivity contribution >= 4 is 17.7 Å². The van der Waals surface area contributed by atoms with Crippen molar-refractivity contribution in [3.05, 3.63) is 66.0 Å². The number of ether oxygens (including phenoxy) is 1. The van der Waals surface area contributed by atoms with Gasteiger partial charge >= 0.3 is 5.97 Å². The summed E-state index contributed by atoms with van der Waals surface area (Å²) in [7, 11) is 0. The van der Waals surface area contributed by atoms with Crippen molar-refractivity contribution in [2.45, 2.75) is 30.9 Å². The number of carboxylic acids is 1. The Morgan fingerprint density at radius 3 is 2.50 bits per heavy atom. The molecule has 0 radical (unpaired) electrons. The molecule has 26 heavy (non-hydrogen) atoms. The normalized spacial score (nSPS) is 11.9. The van der Waals surface area contributed by atoms with Crippen LogP contribution in [0.15, 0.2) is 59.8 Å². The summed E-state index contributed by atoms with van der Waals surface area (Å²) >= 11 is 1.15. The topological polar surface area (TPSA) is 77.2 Å². The van der Waals surface area contributed by atoms with E-state index in [-0.39, 0.29) is 6.61 Å². The van der Waals surface area contributed by atoms with Crippen molar-refractivity contribution < 1.29 is 14.6 Å². The number of hydrogen-bond acceptors (Lipinski definition) is 5. The number of benzene rings is 2. The Morgan fingerprint density at radius 2 is 1.85 bits per heavy atom. The van der Waals surface area contributed by atoms with E-state index in [2.05, 4.69) is 10.2 Å². The molecule has 0 aliphatic heterocycles. The van der Waals surface area contributed by atoms with Gasteiger partial charge in [0.25, 0.3) is 0 Å². The van der Waals surface area contributed by atoms with Crippen molar-refractivity contribution in [1.29, 1.82) is 0 Å². The third-order valence-corrected chi connectivity index (χ3v) is 4.76. The average molecular weight is 369 g/mol. The van der Waals surface area contributed by atoms with Gasteiger partial charge in [-0.25, -0.2) is 0 Å². The number of rotatable bonds is 7. The van der Waals surface area contributed by atoms with Crippen molar-refractivity contribution in [2.24, 2.45) is 0 Å². The third-order valence-electron chi connectivity index (χ3n) is 3.73. The van der Waals surface area contributed by atoms with Crippen LogP contribution in [0.2, 0.25) is 0 Å². The Kier molecular flexibility index (Phi) is 5.58. The fourth-order valence-electron chi connectivity index (χ4n) is 2.30. The maximum atomic E-state index is 11.2. The molecule has 134 valence electrons. The molecule has 3 aromatic rings. The number of thioether (sulfide) groups is 1. The monoisotopic (exact) mass is 369 g/mol. The van der Waals surface area contributed by atoms with Gasteiger partial charge in [0.15, 0.2) is 11.0 Å². The van der Waals surface area contributed by atoms with Crippen LogP contribution in [0.5, 0.6) is 5.75 Å². The van der Waals surface area contributed by atoms with Gasteiger partial charge in [-0.1, -0.05) is 47.7 Å². The van der Waals surface area contributed by atoms with Gasteiger partial charge in [0.2, 0.25) is 0 Å². The Morgan fingerprint density at radius 1 is 1.15 bits per heavy atom. The van der Waals surface area contributed by atoms with Crippen molar-refractivity contribution in [3.63, 3.8) is 0 Å². The van der Waals surface area contributed by atoms with E-state index in [9.17, 15) is 9.90 Å². The minimum absolute atomic E-state index is 0.229. The predicted octanol–water partition coefficient (Wildman–Crippen LogP) is 3.72. The van der Waals surface area contributed by atoms with Crippen LogP contribution in [-0.2, 0) is 11.4 Å². The summed E-state index contributed by atoms with van der Waals surface area (Å²) in [4.78, 5) is 11.2. The first-order valence-corrected chi connectivity index (χ1v) is 9.01. The van der Waals surface area contributed by atoms with Gasteiger partial charge in [0, 0.05) is 5.69 Å². The minimum Gasteiger partial charge on any atom is -0.486 e. The molecule has 0 saturated heterocycles. The Hall–Kier alpha value is -2.80. The molecule has 0 saturated carbocycles. The van der Waals surface area contributed by atoms with Crippen LogP contribution >= 0.6 is 11.8 Å². The molecule has 0 unspecified atom stereocenters. The number of aromatic nitrogens is 3. The highest BCUT2D eigenvalue weighted by Crippen LogP contribution is 2.26. The van der Waals surface area contributed by atoms with E-state index in [4.69, 9.17) is 4.74 Å². The summed E-state index contributed by atoms with van der Waals surface area (Å²) in [5.41, 5.74) is 2.02. The number of carboxylic acid groups (broad SMARTS) is 1. The lowest BCUT2D eigenvalue weighted by atomic mass is 10.2. The summed E-state index contributed by atoms with van der Waals surface area (Å²) < 4.78 is 7.66. The lowest BCUT2D eigenvalue weighted by Gasteiger charge is -2.12. The number of para-hydroxylation sites is 1. The fraction of sp³-hybridized carbons (Fsp3) is 0.211. The molecular weight excluding hydrogens is 350 g/mol. The van der Waals surface area contributed by atoms with E-state index in [1.807, 2.05) is 66.1 Å². The predicted molar refractivity (Wildman–Crippen MR) is 99.8 cm³/mol. The maximum absolute atomic E-state index is 11.2. The Bertz CT molecular complexity index is 879. The highest BCUT2D eigenvalue weighted by molar-refractivity contribution is 8.00. The quantitative estimate of drug-likeness (QED) is 0.640. The zero-order valence-electron chi connectivity index (χ0n) is 14.5. The van der Waals surface area contributed by atoms with Crippen LogP contribution in [0.4, 0.5) is 0 Å². The van der Waals surface area contributed by atoms with Crippen LogP contribution in [0.3, 0.4) is 0 Å². The first-order chi connectivity index (χ1) is 12.5. The second kappa shape index (κ2) is 8.05. The molecule has 1 atom stereocenters. The number of carbonyl (C=O) groups is 1. The summed E-state index contributed by atoms with van der Waals surface area (Å²) in [6.07, 6.45) is 0. The van der Waals surface area contributed by atoms with Gasteiger partial charge in [0.05, 0.1) is 0 Å². The molecule has 7 heteroatoms. The van der Waals surface area contributed by atoms with Gasteiger partial charge in [0.1, 0.15) is 17.6 Å². The molecule has 0 bridgehead atoms. The fourth-order valence-corrected chi connectivity index (χ4v) is 3.12. The lowest BCUT2D eigenvalue weighted by Crippen LogP contribution is -2.13. The van der Waals surface area contributed by atoms with Crippen LogP contribution in [0.1, 0.15) is 18.3 Å². The van der Waals surface area contributed by atoms with E-state index >= 15 is 0 Å². The molecule has 1 heterocycles. The SMILES string of the molecule is Cc1ccc(OCc2nnc(S[C@H](C)C(=O)O)n2-c2ccccc2)cc1. The van der Waals surface area contributed by atoms with Crippen molar-refractivity contribution in [1.82, 2.24) is 14.8 Å². The molecule has 0 amide bonds. The van der Waals surface area contributed by atoms with Gasteiger partial charge in [-0.2, -0.15) is 0 Å². The summed E-state index contributed by atoms with van der Waals surface area (Å²) in [6.45, 7) is 3.87. The van der Waals surface area contributed by atoms with Crippen LogP contribution in [-0.4, -0.2) is 31.1 Å². The lowest BCUT2D eigenvalue weighted by molar-refractivity contribution is -0.136. The number of aryl methyl sites for hydroxylation is 1. The van der Waals surface area contributed by atoms with E-state index in [1.165, 1.54) is 0 Å². The first kappa shape index (κ1) is 18.0. The minimum atomic E-state index is -0.893. The largest absolute Gasteiger partial charge is 0.486 e. The van der Waals surface area contributed by atoms with Gasteiger partial charge in [-0.05, 0) is 38.1 Å². The molecule has 1 N–H and O–H groups in total. The maximum Gasteiger partial charge on any atom is 0.316 e. The molecule has 0 aliphatic rings. The van der Waals surface area contributed by atoms with Gasteiger partial charge in [-0.3, -0.25) is 9.36 Å².